The van der Waals surface area contributed by atoms with Crippen LogP contribution in [-0.2, 0) is 10.0 Å². The van der Waals surface area contributed by atoms with Crippen molar-refractivity contribution in [2.24, 2.45) is 0 Å². The molecule has 1 N–H and O–H groups in total. The summed E-state index contributed by atoms with van der Waals surface area (Å²) in [5.74, 6) is 0.206. The van der Waals surface area contributed by atoms with Gasteiger partial charge in [0.2, 0.25) is 0 Å². The number of rotatable bonds is 3. The Morgan fingerprint density at radius 1 is 0.952 bits per heavy atom. The van der Waals surface area contributed by atoms with Crippen LogP contribution in [0.5, 0.6) is 0 Å². The largest absolute Gasteiger partial charge is 0.263 e. The molecule has 1 heterocycles. The zero-order chi connectivity index (χ0) is 14.9. The summed E-state index contributed by atoms with van der Waals surface area (Å²) in [5, 5.41) is 0. The lowest BCUT2D eigenvalue weighted by Crippen LogP contribution is -2.15. The average molecular weight is 299 g/mol. The van der Waals surface area contributed by atoms with Gasteiger partial charge in [-0.05, 0) is 30.7 Å². The van der Waals surface area contributed by atoms with Gasteiger partial charge in [-0.3, -0.25) is 9.71 Å². The fraction of sp³-hybridized carbons (Fsp3) is 0.0667. The Hall–Kier alpha value is -2.47. The van der Waals surface area contributed by atoms with E-state index in [1.165, 1.54) is 6.20 Å². The molecule has 3 aromatic rings. The summed E-state index contributed by atoms with van der Waals surface area (Å²) in [5.41, 5.74) is 2.04. The highest BCUT2D eigenvalue weighted by molar-refractivity contribution is 7.92. The predicted octanol–water partition coefficient (Wildman–Crippen LogP) is 2.74. The summed E-state index contributed by atoms with van der Waals surface area (Å²) in [6, 6.07) is 14.1. The minimum absolute atomic E-state index is 0.206. The number of aromatic nitrogens is 2. The van der Waals surface area contributed by atoms with Crippen LogP contribution in [0.15, 0.2) is 59.6 Å². The Morgan fingerprint density at radius 3 is 2.38 bits per heavy atom. The van der Waals surface area contributed by atoms with Crippen LogP contribution in [0.4, 0.5) is 5.82 Å². The van der Waals surface area contributed by atoms with E-state index in [-0.39, 0.29) is 10.7 Å². The molecule has 0 aliphatic carbocycles. The van der Waals surface area contributed by atoms with Gasteiger partial charge in [-0.15, -0.1) is 0 Å². The third kappa shape index (κ3) is 2.71. The number of sulfonamides is 1. The minimum atomic E-state index is -3.67. The normalized spacial score (nSPS) is 11.5. The number of nitrogens with zero attached hydrogens (tertiary/aromatic N) is 2. The topological polar surface area (TPSA) is 72.0 Å². The highest BCUT2D eigenvalue weighted by Crippen LogP contribution is 2.18. The number of para-hydroxylation sites is 2. The molecule has 0 unspecified atom stereocenters. The van der Waals surface area contributed by atoms with Gasteiger partial charge in [0, 0.05) is 0 Å². The summed E-state index contributed by atoms with van der Waals surface area (Å²) in [6.45, 7) is 1.75. The number of nitrogens with one attached hydrogen (secondary N) is 1. The second-order valence-corrected chi connectivity index (χ2v) is 6.27. The molecule has 0 bridgehead atoms. The molecule has 3 rings (SSSR count). The van der Waals surface area contributed by atoms with Gasteiger partial charge in [-0.1, -0.05) is 30.3 Å². The van der Waals surface area contributed by atoms with Crippen LogP contribution < -0.4 is 4.72 Å². The molecule has 0 fully saturated rings. The lowest BCUT2D eigenvalue weighted by Gasteiger charge is -2.09. The van der Waals surface area contributed by atoms with E-state index >= 15 is 0 Å². The summed E-state index contributed by atoms with van der Waals surface area (Å²) in [7, 11) is -3.67. The van der Waals surface area contributed by atoms with Gasteiger partial charge in [0.1, 0.15) is 0 Å². The second kappa shape index (κ2) is 5.14. The zero-order valence-corrected chi connectivity index (χ0v) is 12.1. The fourth-order valence-electron chi connectivity index (χ4n) is 2.06. The molecule has 106 valence electrons. The van der Waals surface area contributed by atoms with Crippen LogP contribution in [0.3, 0.4) is 0 Å². The SMILES string of the molecule is Cc1ccccc1S(=O)(=O)Nc1cnc2ccccc2n1. The van der Waals surface area contributed by atoms with E-state index in [2.05, 4.69) is 14.7 Å². The first-order valence-electron chi connectivity index (χ1n) is 6.36. The van der Waals surface area contributed by atoms with Gasteiger partial charge in [0.05, 0.1) is 22.1 Å². The predicted molar refractivity (Wildman–Crippen MR) is 81.5 cm³/mol. The molecule has 1 aromatic heterocycles. The minimum Gasteiger partial charge on any atom is -0.262 e. The highest BCUT2D eigenvalue weighted by atomic mass is 32.2. The van der Waals surface area contributed by atoms with Gasteiger partial charge >= 0.3 is 0 Å². The molecule has 0 saturated carbocycles. The number of benzene rings is 2. The maximum absolute atomic E-state index is 12.4. The van der Waals surface area contributed by atoms with Gasteiger partial charge in [-0.25, -0.2) is 13.4 Å². The quantitative estimate of drug-likeness (QED) is 0.807. The van der Waals surface area contributed by atoms with Crippen molar-refractivity contribution < 1.29 is 8.42 Å². The maximum Gasteiger partial charge on any atom is 0.263 e. The van der Waals surface area contributed by atoms with E-state index in [9.17, 15) is 8.42 Å². The molecular weight excluding hydrogens is 286 g/mol. The van der Waals surface area contributed by atoms with Crippen molar-refractivity contribution >= 4 is 26.9 Å². The fourth-order valence-corrected chi connectivity index (χ4v) is 3.29. The summed E-state index contributed by atoms with van der Waals surface area (Å²) in [4.78, 5) is 8.69. The molecule has 5 nitrogen and oxygen atoms in total. The highest BCUT2D eigenvalue weighted by Gasteiger charge is 2.17. The van der Waals surface area contributed by atoms with Gasteiger partial charge in [0.25, 0.3) is 10.0 Å². The summed E-state index contributed by atoms with van der Waals surface area (Å²) >= 11 is 0. The summed E-state index contributed by atoms with van der Waals surface area (Å²) in [6.07, 6.45) is 1.41. The third-order valence-electron chi connectivity index (χ3n) is 3.07. The summed E-state index contributed by atoms with van der Waals surface area (Å²) < 4.78 is 27.2. The van der Waals surface area contributed by atoms with Crippen molar-refractivity contribution in [2.45, 2.75) is 11.8 Å². The van der Waals surface area contributed by atoms with Crippen LogP contribution >= 0.6 is 0 Å². The van der Waals surface area contributed by atoms with Crippen LogP contribution in [0.1, 0.15) is 5.56 Å². The van der Waals surface area contributed by atoms with Crippen molar-refractivity contribution in [1.29, 1.82) is 0 Å². The van der Waals surface area contributed by atoms with E-state index in [1.54, 1.807) is 37.3 Å². The van der Waals surface area contributed by atoms with E-state index in [0.29, 0.717) is 11.1 Å². The first kappa shape index (κ1) is 13.5. The molecular formula is C15H13N3O2S. The number of hydrogen-bond donors (Lipinski definition) is 1. The first-order valence-corrected chi connectivity index (χ1v) is 7.85. The average Bonchev–Trinajstić information content (AvgIpc) is 2.47. The molecule has 0 aliphatic heterocycles. The first-order chi connectivity index (χ1) is 10.1. The Balaban J connectivity index is 1.99. The zero-order valence-electron chi connectivity index (χ0n) is 11.3. The Labute approximate surface area is 122 Å². The Morgan fingerprint density at radius 2 is 1.62 bits per heavy atom. The van der Waals surface area contributed by atoms with Crippen LogP contribution in [-0.4, -0.2) is 18.4 Å². The monoisotopic (exact) mass is 299 g/mol. The van der Waals surface area contributed by atoms with Crippen molar-refractivity contribution in [3.05, 3.63) is 60.3 Å². The smallest absolute Gasteiger partial charge is 0.262 e. The van der Waals surface area contributed by atoms with E-state index in [4.69, 9.17) is 0 Å². The third-order valence-corrected chi connectivity index (χ3v) is 4.59. The molecule has 0 spiro atoms. The Kier molecular flexibility index (Phi) is 3.31. The molecule has 0 radical (unpaired) electrons. The van der Waals surface area contributed by atoms with Crippen LogP contribution in [0, 0.1) is 6.92 Å². The number of anilines is 1. The molecule has 0 aliphatic rings. The van der Waals surface area contributed by atoms with Gasteiger partial charge in [-0.2, -0.15) is 0 Å². The van der Waals surface area contributed by atoms with Gasteiger partial charge in [0.15, 0.2) is 5.82 Å². The number of fused-ring (bicyclic) bond motifs is 1. The van der Waals surface area contributed by atoms with E-state index in [1.807, 2.05) is 18.2 Å². The molecule has 0 saturated heterocycles. The van der Waals surface area contributed by atoms with E-state index in [0.717, 1.165) is 5.52 Å². The second-order valence-electron chi connectivity index (χ2n) is 4.61. The molecule has 2 aromatic carbocycles. The van der Waals surface area contributed by atoms with E-state index < -0.39 is 10.0 Å². The van der Waals surface area contributed by atoms with Gasteiger partial charge < -0.3 is 0 Å². The van der Waals surface area contributed by atoms with Crippen molar-refractivity contribution in [1.82, 2.24) is 9.97 Å². The number of aryl methyl sites for hydroxylation is 1. The van der Waals surface area contributed by atoms with Crippen LogP contribution in [0.25, 0.3) is 11.0 Å². The molecule has 21 heavy (non-hydrogen) atoms. The standard InChI is InChI=1S/C15H13N3O2S/c1-11-6-2-5-9-14(11)21(19,20)18-15-10-16-12-7-3-4-8-13(12)17-15/h2-10H,1H3,(H,17,18). The molecule has 6 heteroatoms. The molecule has 0 amide bonds. The maximum atomic E-state index is 12.4. The van der Waals surface area contributed by atoms with Crippen molar-refractivity contribution in [2.75, 3.05) is 4.72 Å². The van der Waals surface area contributed by atoms with Crippen LogP contribution in [0.2, 0.25) is 0 Å². The lowest BCUT2D eigenvalue weighted by atomic mass is 10.2. The van der Waals surface area contributed by atoms with Crippen molar-refractivity contribution in [3.8, 4) is 0 Å². The number of hydrogen-bond acceptors (Lipinski definition) is 4. The molecule has 0 atom stereocenters. The van der Waals surface area contributed by atoms with Crippen molar-refractivity contribution in [3.63, 3.8) is 0 Å². The Bertz CT molecular complexity index is 907. The lowest BCUT2D eigenvalue weighted by molar-refractivity contribution is 0.600.